The summed E-state index contributed by atoms with van der Waals surface area (Å²) in [5.41, 5.74) is 8.62. The van der Waals surface area contributed by atoms with E-state index in [4.69, 9.17) is 12.2 Å². The highest BCUT2D eigenvalue weighted by Gasteiger charge is 2.04. The SMILES string of the molecule is Cc1ccccc1CSCC(=O)NNC(=S)Nc1ccc(Br)cc1. The number of halogens is 1. The molecule has 0 heterocycles. The molecule has 0 fully saturated rings. The Labute approximate surface area is 159 Å². The summed E-state index contributed by atoms with van der Waals surface area (Å²) >= 11 is 10.1. The molecule has 0 saturated heterocycles. The molecule has 24 heavy (non-hydrogen) atoms. The van der Waals surface area contributed by atoms with Crippen LogP contribution in [0.25, 0.3) is 0 Å². The summed E-state index contributed by atoms with van der Waals surface area (Å²) in [7, 11) is 0. The number of hydrazine groups is 1. The maximum Gasteiger partial charge on any atom is 0.248 e. The van der Waals surface area contributed by atoms with Crippen molar-refractivity contribution in [2.45, 2.75) is 12.7 Å². The molecule has 0 atom stereocenters. The zero-order chi connectivity index (χ0) is 17.4. The van der Waals surface area contributed by atoms with Crippen LogP contribution < -0.4 is 16.2 Å². The van der Waals surface area contributed by atoms with Crippen LogP contribution in [0.1, 0.15) is 11.1 Å². The van der Waals surface area contributed by atoms with Crippen LogP contribution in [0.3, 0.4) is 0 Å². The van der Waals surface area contributed by atoms with Gasteiger partial charge < -0.3 is 5.32 Å². The lowest BCUT2D eigenvalue weighted by Gasteiger charge is -2.11. The zero-order valence-corrected chi connectivity index (χ0v) is 16.4. The number of rotatable bonds is 5. The van der Waals surface area contributed by atoms with Crippen LogP contribution in [0.5, 0.6) is 0 Å². The van der Waals surface area contributed by atoms with E-state index >= 15 is 0 Å². The lowest BCUT2D eigenvalue weighted by atomic mass is 10.1. The number of carbonyl (C=O) groups excluding carboxylic acids is 1. The molecule has 0 spiro atoms. The van der Waals surface area contributed by atoms with Gasteiger partial charge in [0.2, 0.25) is 5.91 Å². The second kappa shape index (κ2) is 9.66. The Morgan fingerprint density at radius 1 is 1.12 bits per heavy atom. The van der Waals surface area contributed by atoms with Gasteiger partial charge in [0, 0.05) is 15.9 Å². The lowest BCUT2D eigenvalue weighted by molar-refractivity contribution is -0.119. The van der Waals surface area contributed by atoms with Crippen LogP contribution in [0.15, 0.2) is 53.0 Å². The van der Waals surface area contributed by atoms with E-state index < -0.39 is 0 Å². The van der Waals surface area contributed by atoms with E-state index in [-0.39, 0.29) is 5.91 Å². The van der Waals surface area contributed by atoms with E-state index in [0.29, 0.717) is 10.9 Å². The maximum absolute atomic E-state index is 11.8. The van der Waals surface area contributed by atoms with Crippen molar-refractivity contribution in [1.29, 1.82) is 0 Å². The van der Waals surface area contributed by atoms with E-state index in [1.54, 1.807) is 11.8 Å². The number of thiocarbonyl (C=S) groups is 1. The number of hydrogen-bond acceptors (Lipinski definition) is 3. The van der Waals surface area contributed by atoms with E-state index in [1.165, 1.54) is 11.1 Å². The largest absolute Gasteiger partial charge is 0.331 e. The average Bonchev–Trinajstić information content (AvgIpc) is 2.57. The molecule has 3 N–H and O–H groups in total. The minimum atomic E-state index is -0.117. The van der Waals surface area contributed by atoms with Crippen LogP contribution in [-0.4, -0.2) is 16.8 Å². The predicted octanol–water partition coefficient (Wildman–Crippen LogP) is 4.01. The molecule has 7 heteroatoms. The number of hydrogen-bond donors (Lipinski definition) is 3. The summed E-state index contributed by atoms with van der Waals surface area (Å²) < 4.78 is 0.992. The summed E-state index contributed by atoms with van der Waals surface area (Å²) in [6, 6.07) is 15.8. The van der Waals surface area contributed by atoms with E-state index in [9.17, 15) is 4.79 Å². The van der Waals surface area contributed by atoms with Gasteiger partial charge in [-0.05, 0) is 54.5 Å². The fraction of sp³-hybridized carbons (Fsp3) is 0.176. The molecule has 0 radical (unpaired) electrons. The van der Waals surface area contributed by atoms with E-state index in [1.807, 2.05) is 36.4 Å². The topological polar surface area (TPSA) is 53.2 Å². The molecule has 4 nitrogen and oxygen atoms in total. The molecular formula is C17H18BrN3OS2. The van der Waals surface area contributed by atoms with Gasteiger partial charge in [-0.2, -0.15) is 0 Å². The number of nitrogens with one attached hydrogen (secondary N) is 3. The standard InChI is InChI=1S/C17H18BrN3OS2/c1-12-4-2-3-5-13(12)10-24-11-16(22)20-21-17(23)19-15-8-6-14(18)7-9-15/h2-9H,10-11H2,1H3,(H,20,22)(H2,19,21,23). The Hall–Kier alpha value is -1.57. The molecule has 0 bridgehead atoms. The number of thioether (sulfide) groups is 1. The van der Waals surface area contributed by atoms with Crippen LogP contribution in [-0.2, 0) is 10.5 Å². The van der Waals surface area contributed by atoms with Crippen molar-refractivity contribution >= 4 is 56.6 Å². The molecule has 0 unspecified atom stereocenters. The van der Waals surface area contributed by atoms with Crippen molar-refractivity contribution in [3.05, 3.63) is 64.1 Å². The summed E-state index contributed by atoms with van der Waals surface area (Å²) in [5, 5.41) is 3.33. The normalized spacial score (nSPS) is 10.1. The Morgan fingerprint density at radius 2 is 1.83 bits per heavy atom. The molecule has 0 aliphatic rings. The van der Waals surface area contributed by atoms with Crippen molar-refractivity contribution < 1.29 is 4.79 Å². The third kappa shape index (κ3) is 6.51. The van der Waals surface area contributed by atoms with Crippen LogP contribution in [0.4, 0.5) is 5.69 Å². The highest BCUT2D eigenvalue weighted by molar-refractivity contribution is 9.10. The quantitative estimate of drug-likeness (QED) is 0.500. The molecule has 0 aliphatic heterocycles. The van der Waals surface area contributed by atoms with Gasteiger partial charge >= 0.3 is 0 Å². The Morgan fingerprint density at radius 3 is 2.54 bits per heavy atom. The molecule has 0 aromatic heterocycles. The van der Waals surface area contributed by atoms with Gasteiger partial charge in [-0.15, -0.1) is 11.8 Å². The minimum absolute atomic E-state index is 0.117. The minimum Gasteiger partial charge on any atom is -0.331 e. The zero-order valence-electron chi connectivity index (χ0n) is 13.1. The molecule has 126 valence electrons. The van der Waals surface area contributed by atoms with Crippen LogP contribution in [0, 0.1) is 6.92 Å². The van der Waals surface area contributed by atoms with Gasteiger partial charge in [-0.25, -0.2) is 0 Å². The summed E-state index contributed by atoms with van der Waals surface area (Å²) in [5.74, 6) is 1.05. The van der Waals surface area contributed by atoms with Gasteiger partial charge in [-0.1, -0.05) is 40.2 Å². The van der Waals surface area contributed by atoms with Crippen molar-refractivity contribution in [2.24, 2.45) is 0 Å². The first-order valence-electron chi connectivity index (χ1n) is 7.28. The number of amides is 1. The molecule has 2 aromatic carbocycles. The fourth-order valence-electron chi connectivity index (χ4n) is 1.88. The second-order valence-electron chi connectivity index (χ2n) is 5.05. The van der Waals surface area contributed by atoms with Gasteiger partial charge in [0.1, 0.15) is 0 Å². The van der Waals surface area contributed by atoms with Crippen molar-refractivity contribution in [2.75, 3.05) is 11.1 Å². The summed E-state index contributed by atoms with van der Waals surface area (Å²) in [6.45, 7) is 2.07. The number of carbonyl (C=O) groups is 1. The number of benzene rings is 2. The first kappa shape index (κ1) is 18.8. The second-order valence-corrected chi connectivity index (χ2v) is 7.36. The Bertz CT molecular complexity index is 707. The number of aryl methyl sites for hydroxylation is 1. The molecule has 1 amide bonds. The lowest BCUT2D eigenvalue weighted by Crippen LogP contribution is -2.44. The van der Waals surface area contributed by atoms with Crippen molar-refractivity contribution in [1.82, 2.24) is 10.9 Å². The van der Waals surface area contributed by atoms with Crippen molar-refractivity contribution in [3.8, 4) is 0 Å². The van der Waals surface area contributed by atoms with E-state index in [0.717, 1.165) is 15.9 Å². The van der Waals surface area contributed by atoms with Crippen molar-refractivity contribution in [3.63, 3.8) is 0 Å². The highest BCUT2D eigenvalue weighted by Crippen LogP contribution is 2.15. The third-order valence-corrected chi connectivity index (χ3v) is 4.88. The number of anilines is 1. The van der Waals surface area contributed by atoms with Gasteiger partial charge in [0.05, 0.1) is 5.75 Å². The molecule has 2 rings (SSSR count). The van der Waals surface area contributed by atoms with E-state index in [2.05, 4.69) is 51.2 Å². The first-order valence-corrected chi connectivity index (χ1v) is 9.64. The molecule has 0 aliphatic carbocycles. The fourth-order valence-corrected chi connectivity index (χ4v) is 3.22. The third-order valence-electron chi connectivity index (χ3n) is 3.17. The monoisotopic (exact) mass is 423 g/mol. The average molecular weight is 424 g/mol. The van der Waals surface area contributed by atoms with Gasteiger partial charge in [-0.3, -0.25) is 15.6 Å². The predicted molar refractivity (Wildman–Crippen MR) is 109 cm³/mol. The highest BCUT2D eigenvalue weighted by atomic mass is 79.9. The molecule has 0 saturated carbocycles. The summed E-state index contributed by atoms with van der Waals surface area (Å²) in [4.78, 5) is 11.8. The Kier molecular flexibility index (Phi) is 7.55. The van der Waals surface area contributed by atoms with Gasteiger partial charge in [0.25, 0.3) is 0 Å². The van der Waals surface area contributed by atoms with Crippen LogP contribution >= 0.6 is 39.9 Å². The molecule has 2 aromatic rings. The smallest absolute Gasteiger partial charge is 0.248 e. The first-order chi connectivity index (χ1) is 11.5. The van der Waals surface area contributed by atoms with Gasteiger partial charge in [0.15, 0.2) is 5.11 Å². The molecular weight excluding hydrogens is 406 g/mol. The Balaban J connectivity index is 1.66. The maximum atomic E-state index is 11.8. The summed E-state index contributed by atoms with van der Waals surface area (Å²) in [6.07, 6.45) is 0. The van der Waals surface area contributed by atoms with Crippen LogP contribution in [0.2, 0.25) is 0 Å².